The van der Waals surface area contributed by atoms with Gasteiger partial charge in [-0.15, -0.1) is 11.3 Å². The van der Waals surface area contributed by atoms with E-state index in [9.17, 15) is 4.79 Å². The SMILES string of the molecule is COc1cc(C(=N)N(C)C)ccc1C1=NOC(CNC(=O)c2ccc(Cl)s2)C1. The fraction of sp³-hybridized carbons (Fsp3) is 0.316. The summed E-state index contributed by atoms with van der Waals surface area (Å²) in [6.07, 6.45) is 0.297. The number of amides is 1. The molecule has 1 aliphatic rings. The van der Waals surface area contributed by atoms with Gasteiger partial charge in [0.25, 0.3) is 5.91 Å². The van der Waals surface area contributed by atoms with E-state index in [-0.39, 0.29) is 12.0 Å². The second-order valence-electron chi connectivity index (χ2n) is 6.44. The van der Waals surface area contributed by atoms with Gasteiger partial charge < -0.3 is 19.8 Å². The number of thiophene rings is 1. The summed E-state index contributed by atoms with van der Waals surface area (Å²) < 4.78 is 6.06. The fourth-order valence-electron chi connectivity index (χ4n) is 2.76. The number of nitrogens with one attached hydrogen (secondary N) is 2. The largest absolute Gasteiger partial charge is 0.496 e. The maximum atomic E-state index is 12.1. The number of hydrogen-bond acceptors (Lipinski definition) is 6. The van der Waals surface area contributed by atoms with Gasteiger partial charge in [-0.2, -0.15) is 0 Å². The Morgan fingerprint density at radius 1 is 1.43 bits per heavy atom. The molecule has 0 fully saturated rings. The first kappa shape index (κ1) is 20.2. The number of hydrogen-bond donors (Lipinski definition) is 2. The molecule has 1 unspecified atom stereocenters. The molecular formula is C19H21ClN4O3S. The monoisotopic (exact) mass is 420 g/mol. The van der Waals surface area contributed by atoms with Crippen molar-refractivity contribution >= 4 is 40.4 Å². The first-order valence-electron chi connectivity index (χ1n) is 8.60. The van der Waals surface area contributed by atoms with E-state index in [2.05, 4.69) is 10.5 Å². The Labute approximate surface area is 172 Å². The molecule has 7 nitrogen and oxygen atoms in total. The van der Waals surface area contributed by atoms with E-state index in [0.29, 0.717) is 33.8 Å². The zero-order chi connectivity index (χ0) is 20.3. The number of carbonyl (C=O) groups is 1. The van der Waals surface area contributed by atoms with Crippen LogP contribution in [0.2, 0.25) is 4.34 Å². The molecule has 1 aromatic heterocycles. The molecule has 9 heteroatoms. The van der Waals surface area contributed by atoms with E-state index in [1.54, 1.807) is 24.1 Å². The molecule has 1 atom stereocenters. The maximum absolute atomic E-state index is 12.1. The number of oxime groups is 1. The lowest BCUT2D eigenvalue weighted by atomic mass is 10.0. The number of methoxy groups -OCH3 is 1. The summed E-state index contributed by atoms with van der Waals surface area (Å²) in [6, 6.07) is 8.94. The van der Waals surface area contributed by atoms with Gasteiger partial charge in [-0.1, -0.05) is 22.8 Å². The van der Waals surface area contributed by atoms with Crippen molar-refractivity contribution in [2.45, 2.75) is 12.5 Å². The molecule has 0 aliphatic carbocycles. The van der Waals surface area contributed by atoms with Gasteiger partial charge >= 0.3 is 0 Å². The molecule has 0 radical (unpaired) electrons. The molecule has 148 valence electrons. The second kappa shape index (κ2) is 8.62. The Morgan fingerprint density at radius 3 is 2.86 bits per heavy atom. The highest BCUT2D eigenvalue weighted by Gasteiger charge is 2.25. The molecular weight excluding hydrogens is 400 g/mol. The lowest BCUT2D eigenvalue weighted by Crippen LogP contribution is -2.31. The standard InChI is InChI=1S/C19H21ClN4O3S/c1-24(2)18(21)11-4-5-13(15(8-11)26-3)14-9-12(27-23-14)10-22-19(25)16-6-7-17(20)28-16/h4-8,12,21H,9-10H2,1-3H3,(H,22,25). The van der Waals surface area contributed by atoms with E-state index >= 15 is 0 Å². The lowest BCUT2D eigenvalue weighted by Gasteiger charge is -2.16. The third kappa shape index (κ3) is 4.45. The van der Waals surface area contributed by atoms with Crippen LogP contribution in [0.4, 0.5) is 0 Å². The highest BCUT2D eigenvalue weighted by Crippen LogP contribution is 2.26. The van der Waals surface area contributed by atoms with Crippen LogP contribution in [0.5, 0.6) is 5.75 Å². The van der Waals surface area contributed by atoms with Crippen molar-refractivity contribution in [2.75, 3.05) is 27.7 Å². The van der Waals surface area contributed by atoms with E-state index in [0.717, 1.165) is 16.8 Å². The van der Waals surface area contributed by atoms with E-state index in [4.69, 9.17) is 26.6 Å². The number of carbonyl (C=O) groups excluding carboxylic acids is 1. The van der Waals surface area contributed by atoms with Crippen molar-refractivity contribution in [2.24, 2.45) is 5.16 Å². The minimum absolute atomic E-state index is 0.182. The minimum Gasteiger partial charge on any atom is -0.496 e. The molecule has 0 bridgehead atoms. The van der Waals surface area contributed by atoms with Crippen molar-refractivity contribution in [1.29, 1.82) is 5.41 Å². The highest BCUT2D eigenvalue weighted by atomic mass is 35.5. The zero-order valence-corrected chi connectivity index (χ0v) is 17.4. The normalized spacial score (nSPS) is 15.6. The molecule has 28 heavy (non-hydrogen) atoms. The Bertz CT molecular complexity index is 926. The van der Waals surface area contributed by atoms with Crippen LogP contribution in [0.25, 0.3) is 0 Å². The molecule has 0 saturated carbocycles. The molecule has 2 aromatic rings. The Balaban J connectivity index is 1.63. The molecule has 0 saturated heterocycles. The summed E-state index contributed by atoms with van der Waals surface area (Å²) >= 11 is 7.10. The van der Waals surface area contributed by atoms with Crippen LogP contribution in [0.1, 0.15) is 27.2 Å². The summed E-state index contributed by atoms with van der Waals surface area (Å²) in [5.41, 5.74) is 2.32. The number of halogens is 1. The van der Waals surface area contributed by atoms with Gasteiger partial charge in [0.2, 0.25) is 0 Å². The molecule has 3 rings (SSSR count). The average molecular weight is 421 g/mol. The van der Waals surface area contributed by atoms with Crippen LogP contribution < -0.4 is 10.1 Å². The van der Waals surface area contributed by atoms with Gasteiger partial charge in [0, 0.05) is 31.6 Å². The first-order valence-corrected chi connectivity index (χ1v) is 9.79. The Morgan fingerprint density at radius 2 is 2.21 bits per heavy atom. The van der Waals surface area contributed by atoms with Gasteiger partial charge in [-0.3, -0.25) is 10.2 Å². The minimum atomic E-state index is -0.251. The van der Waals surface area contributed by atoms with Crippen molar-refractivity contribution in [3.63, 3.8) is 0 Å². The summed E-state index contributed by atoms with van der Waals surface area (Å²) in [4.78, 5) is 19.9. The number of nitrogens with zero attached hydrogens (tertiary/aromatic N) is 2. The first-order chi connectivity index (χ1) is 13.4. The molecule has 1 aromatic carbocycles. The van der Waals surface area contributed by atoms with Crippen LogP contribution in [-0.4, -0.2) is 56.2 Å². The predicted molar refractivity (Wildman–Crippen MR) is 111 cm³/mol. The smallest absolute Gasteiger partial charge is 0.261 e. The van der Waals surface area contributed by atoms with E-state index < -0.39 is 0 Å². The van der Waals surface area contributed by atoms with Crippen LogP contribution in [0.3, 0.4) is 0 Å². The van der Waals surface area contributed by atoms with Gasteiger partial charge in [0.05, 0.1) is 28.6 Å². The van der Waals surface area contributed by atoms with Gasteiger partial charge in [-0.05, 0) is 24.3 Å². The van der Waals surface area contributed by atoms with Crippen molar-refractivity contribution in [1.82, 2.24) is 10.2 Å². The van der Waals surface area contributed by atoms with Crippen LogP contribution >= 0.6 is 22.9 Å². The summed E-state index contributed by atoms with van der Waals surface area (Å²) in [5.74, 6) is 0.839. The summed E-state index contributed by atoms with van der Waals surface area (Å²) in [7, 11) is 5.23. The van der Waals surface area contributed by atoms with Crippen molar-refractivity contribution in [3.05, 3.63) is 50.7 Å². The Hall–Kier alpha value is -2.58. The summed E-state index contributed by atoms with van der Waals surface area (Å²) in [5, 5.41) is 15.1. The number of rotatable bonds is 6. The number of ether oxygens (including phenoxy) is 1. The van der Waals surface area contributed by atoms with Gasteiger partial charge in [-0.25, -0.2) is 0 Å². The Kier molecular flexibility index (Phi) is 6.21. The number of amidine groups is 1. The molecule has 2 heterocycles. The van der Waals surface area contributed by atoms with E-state index in [1.807, 2.05) is 32.3 Å². The van der Waals surface area contributed by atoms with Crippen molar-refractivity contribution in [3.8, 4) is 5.75 Å². The summed E-state index contributed by atoms with van der Waals surface area (Å²) in [6.45, 7) is 0.340. The molecule has 0 spiro atoms. The quantitative estimate of drug-likeness (QED) is 0.554. The number of benzene rings is 1. The topological polar surface area (TPSA) is 87.0 Å². The highest BCUT2D eigenvalue weighted by molar-refractivity contribution is 7.17. The molecule has 1 amide bonds. The third-order valence-electron chi connectivity index (χ3n) is 4.25. The zero-order valence-electron chi connectivity index (χ0n) is 15.8. The fourth-order valence-corrected chi connectivity index (χ4v) is 3.72. The molecule has 1 aliphatic heterocycles. The predicted octanol–water partition coefficient (Wildman–Crippen LogP) is 3.22. The third-order valence-corrected chi connectivity index (χ3v) is 5.48. The lowest BCUT2D eigenvalue weighted by molar-refractivity contribution is 0.0755. The van der Waals surface area contributed by atoms with Crippen LogP contribution in [0.15, 0.2) is 35.5 Å². The van der Waals surface area contributed by atoms with Crippen LogP contribution in [-0.2, 0) is 4.84 Å². The van der Waals surface area contributed by atoms with Crippen molar-refractivity contribution < 1.29 is 14.4 Å². The van der Waals surface area contributed by atoms with Gasteiger partial charge in [0.1, 0.15) is 17.7 Å². The van der Waals surface area contributed by atoms with Gasteiger partial charge in [0.15, 0.2) is 0 Å². The molecule has 2 N–H and O–H groups in total. The van der Waals surface area contributed by atoms with E-state index in [1.165, 1.54) is 11.3 Å². The average Bonchev–Trinajstić information content (AvgIpc) is 3.34. The van der Waals surface area contributed by atoms with Crippen LogP contribution in [0, 0.1) is 5.41 Å². The second-order valence-corrected chi connectivity index (χ2v) is 8.16. The maximum Gasteiger partial charge on any atom is 0.261 e.